The molecular formula is C14H9Cl3O2. The Labute approximate surface area is 125 Å². The lowest BCUT2D eigenvalue weighted by Crippen LogP contribution is -2.01. The molecule has 0 aliphatic rings. The first-order chi connectivity index (χ1) is 9.02. The minimum Gasteiger partial charge on any atom is -0.465 e. The average Bonchev–Trinajstić information content (AvgIpc) is 2.40. The molecule has 0 atom stereocenters. The highest BCUT2D eigenvalue weighted by Gasteiger charge is 2.12. The molecule has 0 aromatic heterocycles. The predicted octanol–water partition coefficient (Wildman–Crippen LogP) is 5.10. The highest BCUT2D eigenvalue weighted by Crippen LogP contribution is 2.35. The maximum atomic E-state index is 11.6. The first-order valence-electron chi connectivity index (χ1n) is 5.36. The van der Waals surface area contributed by atoms with Crippen LogP contribution in [0.25, 0.3) is 11.1 Å². The second kappa shape index (κ2) is 5.83. The van der Waals surface area contributed by atoms with Gasteiger partial charge >= 0.3 is 5.97 Å². The van der Waals surface area contributed by atoms with Gasteiger partial charge in [-0.05, 0) is 29.8 Å². The molecule has 5 heteroatoms. The minimum absolute atomic E-state index is 0.362. The van der Waals surface area contributed by atoms with Crippen LogP contribution >= 0.6 is 34.8 Å². The molecule has 0 N–H and O–H groups in total. The van der Waals surface area contributed by atoms with Crippen LogP contribution in [0.5, 0.6) is 0 Å². The summed E-state index contributed by atoms with van der Waals surface area (Å²) >= 11 is 18.1. The third kappa shape index (κ3) is 3.03. The Balaban J connectivity index is 2.59. The number of hydrogen-bond donors (Lipinski definition) is 0. The van der Waals surface area contributed by atoms with E-state index in [2.05, 4.69) is 4.74 Å². The van der Waals surface area contributed by atoms with Crippen LogP contribution < -0.4 is 0 Å². The standard InChI is InChI=1S/C14H9Cl3O2/c1-19-14(18)9-5-8(6-10(15)7-9)11-3-2-4-12(16)13(11)17/h2-7H,1H3. The van der Waals surface area contributed by atoms with Crippen LogP contribution in [0.2, 0.25) is 15.1 Å². The van der Waals surface area contributed by atoms with Gasteiger partial charge in [-0.25, -0.2) is 4.79 Å². The van der Waals surface area contributed by atoms with E-state index in [1.54, 1.807) is 30.3 Å². The van der Waals surface area contributed by atoms with E-state index in [0.29, 0.717) is 31.8 Å². The van der Waals surface area contributed by atoms with E-state index >= 15 is 0 Å². The van der Waals surface area contributed by atoms with Gasteiger partial charge in [-0.3, -0.25) is 0 Å². The fraction of sp³-hybridized carbons (Fsp3) is 0.0714. The van der Waals surface area contributed by atoms with Crippen LogP contribution in [-0.4, -0.2) is 13.1 Å². The van der Waals surface area contributed by atoms with Gasteiger partial charge in [0, 0.05) is 10.6 Å². The van der Waals surface area contributed by atoms with Crippen molar-refractivity contribution >= 4 is 40.8 Å². The summed E-state index contributed by atoms with van der Waals surface area (Å²) in [6, 6.07) is 10.2. The maximum Gasteiger partial charge on any atom is 0.337 e. The molecule has 0 bridgehead atoms. The number of methoxy groups -OCH3 is 1. The topological polar surface area (TPSA) is 26.3 Å². The number of carbonyl (C=O) groups is 1. The molecule has 0 saturated heterocycles. The Morgan fingerprint density at radius 3 is 2.53 bits per heavy atom. The zero-order valence-corrected chi connectivity index (χ0v) is 12.2. The summed E-state index contributed by atoms with van der Waals surface area (Å²) in [7, 11) is 1.31. The monoisotopic (exact) mass is 314 g/mol. The van der Waals surface area contributed by atoms with Crippen LogP contribution in [0.3, 0.4) is 0 Å². The first kappa shape index (κ1) is 14.2. The Kier molecular flexibility index (Phi) is 4.35. The van der Waals surface area contributed by atoms with Crippen LogP contribution in [0.1, 0.15) is 10.4 Å². The normalized spacial score (nSPS) is 10.3. The predicted molar refractivity (Wildman–Crippen MR) is 78.2 cm³/mol. The lowest BCUT2D eigenvalue weighted by atomic mass is 10.0. The van der Waals surface area contributed by atoms with E-state index in [1.165, 1.54) is 13.2 Å². The van der Waals surface area contributed by atoms with E-state index in [1.807, 2.05) is 0 Å². The van der Waals surface area contributed by atoms with Gasteiger partial charge in [0.2, 0.25) is 0 Å². The number of benzene rings is 2. The molecule has 2 nitrogen and oxygen atoms in total. The van der Waals surface area contributed by atoms with E-state index in [9.17, 15) is 4.79 Å². The van der Waals surface area contributed by atoms with Crippen LogP contribution in [-0.2, 0) is 4.74 Å². The van der Waals surface area contributed by atoms with Gasteiger partial charge in [0.1, 0.15) is 0 Å². The highest BCUT2D eigenvalue weighted by molar-refractivity contribution is 6.43. The molecule has 0 fully saturated rings. The molecule has 0 aliphatic heterocycles. The molecule has 0 aliphatic carbocycles. The summed E-state index contributed by atoms with van der Waals surface area (Å²) in [5.41, 5.74) is 1.78. The quantitative estimate of drug-likeness (QED) is 0.721. The van der Waals surface area contributed by atoms with Gasteiger partial charge in [0.15, 0.2) is 0 Å². The smallest absolute Gasteiger partial charge is 0.337 e. The Bertz CT molecular complexity index is 639. The fourth-order valence-electron chi connectivity index (χ4n) is 1.71. The minimum atomic E-state index is -0.457. The third-order valence-corrected chi connectivity index (χ3v) is 3.62. The molecule has 2 aromatic rings. The molecule has 2 rings (SSSR count). The molecule has 0 heterocycles. The lowest BCUT2D eigenvalue weighted by molar-refractivity contribution is 0.0601. The summed E-state index contributed by atoms with van der Waals surface area (Å²) in [6.07, 6.45) is 0. The van der Waals surface area contributed by atoms with Crippen molar-refractivity contribution in [3.05, 3.63) is 57.0 Å². The first-order valence-corrected chi connectivity index (χ1v) is 6.49. The SMILES string of the molecule is COC(=O)c1cc(Cl)cc(-c2cccc(Cl)c2Cl)c1. The highest BCUT2D eigenvalue weighted by atomic mass is 35.5. The number of ether oxygens (including phenoxy) is 1. The van der Waals surface area contributed by atoms with Gasteiger partial charge in [-0.1, -0.05) is 46.9 Å². The van der Waals surface area contributed by atoms with Crippen LogP contribution in [0, 0.1) is 0 Å². The summed E-state index contributed by atoms with van der Waals surface area (Å²) in [5, 5.41) is 1.29. The summed E-state index contributed by atoms with van der Waals surface area (Å²) in [5.74, 6) is -0.457. The van der Waals surface area contributed by atoms with Crippen molar-refractivity contribution in [3.63, 3.8) is 0 Å². The van der Waals surface area contributed by atoms with Gasteiger partial charge in [0.25, 0.3) is 0 Å². The van der Waals surface area contributed by atoms with Gasteiger partial charge in [0.05, 0.1) is 22.7 Å². The van der Waals surface area contributed by atoms with Crippen molar-refractivity contribution < 1.29 is 9.53 Å². The molecule has 0 spiro atoms. The number of hydrogen-bond acceptors (Lipinski definition) is 2. The van der Waals surface area contributed by atoms with Gasteiger partial charge < -0.3 is 4.74 Å². The van der Waals surface area contributed by atoms with E-state index in [4.69, 9.17) is 34.8 Å². The lowest BCUT2D eigenvalue weighted by Gasteiger charge is -2.08. The molecule has 98 valence electrons. The van der Waals surface area contributed by atoms with E-state index in [-0.39, 0.29) is 0 Å². The number of rotatable bonds is 2. The Morgan fingerprint density at radius 2 is 1.84 bits per heavy atom. The molecule has 0 amide bonds. The summed E-state index contributed by atoms with van der Waals surface area (Å²) in [4.78, 5) is 11.6. The molecule has 0 unspecified atom stereocenters. The molecule has 0 radical (unpaired) electrons. The third-order valence-electron chi connectivity index (χ3n) is 2.58. The molecule has 2 aromatic carbocycles. The van der Waals surface area contributed by atoms with Gasteiger partial charge in [-0.15, -0.1) is 0 Å². The van der Waals surface area contributed by atoms with Crippen molar-refractivity contribution in [3.8, 4) is 11.1 Å². The Hall–Kier alpha value is -1.22. The number of halogens is 3. The molecular weight excluding hydrogens is 307 g/mol. The fourth-order valence-corrected chi connectivity index (χ4v) is 2.35. The second-order valence-electron chi connectivity index (χ2n) is 3.82. The van der Waals surface area contributed by atoms with Crippen molar-refractivity contribution in [1.29, 1.82) is 0 Å². The second-order valence-corrected chi connectivity index (χ2v) is 5.04. The van der Waals surface area contributed by atoms with Crippen molar-refractivity contribution in [2.24, 2.45) is 0 Å². The summed E-state index contributed by atoms with van der Waals surface area (Å²) in [6.45, 7) is 0. The average molecular weight is 316 g/mol. The maximum absolute atomic E-state index is 11.6. The van der Waals surface area contributed by atoms with E-state index in [0.717, 1.165) is 0 Å². The van der Waals surface area contributed by atoms with Crippen LogP contribution in [0.4, 0.5) is 0 Å². The van der Waals surface area contributed by atoms with Crippen molar-refractivity contribution in [1.82, 2.24) is 0 Å². The number of esters is 1. The van der Waals surface area contributed by atoms with E-state index < -0.39 is 5.97 Å². The zero-order chi connectivity index (χ0) is 14.0. The largest absolute Gasteiger partial charge is 0.465 e. The van der Waals surface area contributed by atoms with Crippen LogP contribution in [0.15, 0.2) is 36.4 Å². The van der Waals surface area contributed by atoms with Gasteiger partial charge in [-0.2, -0.15) is 0 Å². The zero-order valence-electron chi connectivity index (χ0n) is 9.91. The Morgan fingerprint density at radius 1 is 1.11 bits per heavy atom. The number of carbonyl (C=O) groups excluding carboxylic acids is 1. The summed E-state index contributed by atoms with van der Waals surface area (Å²) < 4.78 is 4.68. The molecule has 19 heavy (non-hydrogen) atoms. The van der Waals surface area contributed by atoms with Crippen molar-refractivity contribution in [2.75, 3.05) is 7.11 Å². The molecule has 0 saturated carbocycles. The van der Waals surface area contributed by atoms with Crippen molar-refractivity contribution in [2.45, 2.75) is 0 Å².